The Kier molecular flexibility index (Phi) is 8.27. The molecule has 0 bridgehead atoms. The van der Waals surface area contributed by atoms with E-state index in [0.717, 1.165) is 42.9 Å². The fraction of sp³-hybridized carbons (Fsp3) is 0.318. The second-order valence-corrected chi connectivity index (χ2v) is 5.96. The van der Waals surface area contributed by atoms with Crippen LogP contribution >= 0.6 is 0 Å². The van der Waals surface area contributed by atoms with Crippen LogP contribution in [0.3, 0.4) is 0 Å². The van der Waals surface area contributed by atoms with Gasteiger partial charge in [-0.1, -0.05) is 37.3 Å². The Hall–Kier alpha value is -2.75. The summed E-state index contributed by atoms with van der Waals surface area (Å²) in [5.74, 6) is 1.66. The molecule has 0 aliphatic rings. The molecule has 0 fully saturated rings. The average molecular weight is 353 g/mol. The van der Waals surface area contributed by atoms with Gasteiger partial charge in [-0.05, 0) is 54.7 Å². The van der Waals surface area contributed by atoms with Crippen molar-refractivity contribution in [2.24, 2.45) is 0 Å². The van der Waals surface area contributed by atoms with Crippen molar-refractivity contribution in [2.45, 2.75) is 26.2 Å². The molecule has 4 nitrogen and oxygen atoms in total. The quantitative estimate of drug-likeness (QED) is 0.513. The molecule has 0 heterocycles. The minimum absolute atomic E-state index is 0.0867. The van der Waals surface area contributed by atoms with Crippen molar-refractivity contribution in [3.05, 3.63) is 65.7 Å². The van der Waals surface area contributed by atoms with Crippen LogP contribution in [0.25, 0.3) is 6.08 Å². The Morgan fingerprint density at radius 3 is 2.62 bits per heavy atom. The van der Waals surface area contributed by atoms with Crippen molar-refractivity contribution in [1.29, 1.82) is 0 Å². The van der Waals surface area contributed by atoms with Crippen LogP contribution in [-0.4, -0.2) is 26.2 Å². The first-order valence-corrected chi connectivity index (χ1v) is 9.03. The Bertz CT molecular complexity index is 708. The largest absolute Gasteiger partial charge is 0.497 e. The Morgan fingerprint density at radius 2 is 1.88 bits per heavy atom. The van der Waals surface area contributed by atoms with Crippen molar-refractivity contribution in [2.75, 3.05) is 20.3 Å². The third-order valence-electron chi connectivity index (χ3n) is 3.90. The molecule has 2 aromatic rings. The van der Waals surface area contributed by atoms with E-state index in [-0.39, 0.29) is 5.91 Å². The zero-order chi connectivity index (χ0) is 18.6. The van der Waals surface area contributed by atoms with Gasteiger partial charge in [-0.3, -0.25) is 4.79 Å². The lowest BCUT2D eigenvalue weighted by Gasteiger charge is -2.10. The molecule has 2 rings (SSSR count). The lowest BCUT2D eigenvalue weighted by molar-refractivity contribution is -0.116. The third kappa shape index (κ3) is 6.63. The first-order chi connectivity index (χ1) is 12.7. The van der Waals surface area contributed by atoms with Gasteiger partial charge in [-0.15, -0.1) is 0 Å². The molecule has 0 saturated carbocycles. The number of carbonyl (C=O) groups excluding carboxylic acids is 1. The van der Waals surface area contributed by atoms with Crippen molar-refractivity contribution in [3.63, 3.8) is 0 Å². The number of ether oxygens (including phenoxy) is 2. The van der Waals surface area contributed by atoms with Crippen LogP contribution in [0.5, 0.6) is 11.5 Å². The number of carbonyl (C=O) groups is 1. The summed E-state index contributed by atoms with van der Waals surface area (Å²) in [5, 5.41) is 2.92. The normalized spacial score (nSPS) is 10.7. The van der Waals surface area contributed by atoms with Crippen molar-refractivity contribution >= 4 is 12.0 Å². The SMILES string of the molecule is CCCOc1ccccc1CCCNC(=O)/C=C/c1ccc(OC)cc1. The van der Waals surface area contributed by atoms with E-state index < -0.39 is 0 Å². The van der Waals surface area contributed by atoms with Crippen molar-refractivity contribution in [1.82, 2.24) is 5.32 Å². The van der Waals surface area contributed by atoms with E-state index in [9.17, 15) is 4.79 Å². The van der Waals surface area contributed by atoms with Gasteiger partial charge in [0.15, 0.2) is 0 Å². The molecule has 0 atom stereocenters. The number of benzene rings is 2. The highest BCUT2D eigenvalue weighted by Gasteiger charge is 2.03. The van der Waals surface area contributed by atoms with Gasteiger partial charge in [0.2, 0.25) is 5.91 Å². The van der Waals surface area contributed by atoms with E-state index in [2.05, 4.69) is 18.3 Å². The molecule has 0 aliphatic carbocycles. The molecular formula is C22H27NO3. The van der Waals surface area contributed by atoms with Gasteiger partial charge in [-0.2, -0.15) is 0 Å². The molecule has 2 aromatic carbocycles. The van der Waals surface area contributed by atoms with Gasteiger partial charge >= 0.3 is 0 Å². The summed E-state index contributed by atoms with van der Waals surface area (Å²) in [6.45, 7) is 3.45. The van der Waals surface area contributed by atoms with Crippen LogP contribution in [0.4, 0.5) is 0 Å². The predicted octanol–water partition coefficient (Wildman–Crippen LogP) is 4.25. The van der Waals surface area contributed by atoms with Crippen LogP contribution in [0, 0.1) is 0 Å². The summed E-state index contributed by atoms with van der Waals surface area (Å²) in [5.41, 5.74) is 2.15. The van der Waals surface area contributed by atoms with E-state index in [1.54, 1.807) is 19.3 Å². The molecule has 0 saturated heterocycles. The number of hydrogen-bond acceptors (Lipinski definition) is 3. The van der Waals surface area contributed by atoms with Crippen LogP contribution < -0.4 is 14.8 Å². The zero-order valence-electron chi connectivity index (χ0n) is 15.5. The van der Waals surface area contributed by atoms with Gasteiger partial charge in [0.1, 0.15) is 11.5 Å². The minimum atomic E-state index is -0.0867. The molecule has 4 heteroatoms. The third-order valence-corrected chi connectivity index (χ3v) is 3.90. The first-order valence-electron chi connectivity index (χ1n) is 9.03. The van der Waals surface area contributed by atoms with E-state index >= 15 is 0 Å². The number of methoxy groups -OCH3 is 1. The summed E-state index contributed by atoms with van der Waals surface area (Å²) in [4.78, 5) is 11.9. The molecule has 1 amide bonds. The summed E-state index contributed by atoms with van der Waals surface area (Å²) in [6, 6.07) is 15.7. The number of nitrogens with one attached hydrogen (secondary N) is 1. The fourth-order valence-electron chi connectivity index (χ4n) is 2.50. The maximum Gasteiger partial charge on any atom is 0.243 e. The Balaban J connectivity index is 1.73. The van der Waals surface area contributed by atoms with E-state index in [0.29, 0.717) is 6.54 Å². The lowest BCUT2D eigenvalue weighted by atomic mass is 10.1. The first kappa shape index (κ1) is 19.6. The summed E-state index contributed by atoms with van der Waals surface area (Å²) in [6.07, 6.45) is 6.09. The monoisotopic (exact) mass is 353 g/mol. The molecule has 1 N–H and O–H groups in total. The fourth-order valence-corrected chi connectivity index (χ4v) is 2.50. The summed E-state index contributed by atoms with van der Waals surface area (Å²) in [7, 11) is 1.63. The topological polar surface area (TPSA) is 47.6 Å². The highest BCUT2D eigenvalue weighted by Crippen LogP contribution is 2.19. The standard InChI is InChI=1S/C22H27NO3/c1-3-17-26-21-9-5-4-7-19(21)8-6-16-23-22(24)15-12-18-10-13-20(25-2)14-11-18/h4-5,7,9-15H,3,6,8,16-17H2,1-2H3,(H,23,24)/b15-12+. The highest BCUT2D eigenvalue weighted by atomic mass is 16.5. The van der Waals surface area contributed by atoms with E-state index in [1.807, 2.05) is 42.5 Å². The molecule has 0 unspecified atom stereocenters. The van der Waals surface area contributed by atoms with Crippen LogP contribution in [0.1, 0.15) is 30.9 Å². The molecule has 0 radical (unpaired) electrons. The van der Waals surface area contributed by atoms with Gasteiger partial charge in [0, 0.05) is 12.6 Å². The number of rotatable bonds is 10. The Morgan fingerprint density at radius 1 is 1.12 bits per heavy atom. The van der Waals surface area contributed by atoms with Crippen LogP contribution in [0.15, 0.2) is 54.6 Å². The summed E-state index contributed by atoms with van der Waals surface area (Å²) < 4.78 is 10.9. The highest BCUT2D eigenvalue weighted by molar-refractivity contribution is 5.91. The number of aryl methyl sites for hydroxylation is 1. The minimum Gasteiger partial charge on any atom is -0.497 e. The van der Waals surface area contributed by atoms with Gasteiger partial charge in [-0.25, -0.2) is 0 Å². The van der Waals surface area contributed by atoms with Crippen molar-refractivity contribution < 1.29 is 14.3 Å². The van der Waals surface area contributed by atoms with Gasteiger partial charge in [0.05, 0.1) is 13.7 Å². The van der Waals surface area contributed by atoms with Gasteiger partial charge < -0.3 is 14.8 Å². The Labute approximate surface area is 155 Å². The van der Waals surface area contributed by atoms with E-state index in [1.165, 1.54) is 5.56 Å². The number of para-hydroxylation sites is 1. The lowest BCUT2D eigenvalue weighted by Crippen LogP contribution is -2.22. The average Bonchev–Trinajstić information content (AvgIpc) is 2.69. The van der Waals surface area contributed by atoms with E-state index in [4.69, 9.17) is 9.47 Å². The molecule has 0 aliphatic heterocycles. The number of amides is 1. The molecular weight excluding hydrogens is 326 g/mol. The van der Waals surface area contributed by atoms with Gasteiger partial charge in [0.25, 0.3) is 0 Å². The maximum atomic E-state index is 11.9. The zero-order valence-corrected chi connectivity index (χ0v) is 15.5. The second kappa shape index (κ2) is 11.0. The maximum absolute atomic E-state index is 11.9. The molecule has 0 spiro atoms. The molecule has 138 valence electrons. The van der Waals surface area contributed by atoms with Crippen LogP contribution in [-0.2, 0) is 11.2 Å². The number of hydrogen-bond donors (Lipinski definition) is 1. The van der Waals surface area contributed by atoms with Crippen molar-refractivity contribution in [3.8, 4) is 11.5 Å². The predicted molar refractivity (Wildman–Crippen MR) is 106 cm³/mol. The molecule has 26 heavy (non-hydrogen) atoms. The van der Waals surface area contributed by atoms with Crippen LogP contribution in [0.2, 0.25) is 0 Å². The molecule has 0 aromatic heterocycles. The smallest absolute Gasteiger partial charge is 0.243 e. The second-order valence-electron chi connectivity index (χ2n) is 5.96. The summed E-state index contributed by atoms with van der Waals surface area (Å²) >= 11 is 0.